The average Bonchev–Trinajstić information content (AvgIpc) is 2.47. The van der Waals surface area contributed by atoms with E-state index in [-0.39, 0.29) is 58.0 Å². The molecular formula is C18H39KO2. The normalized spacial score (nSPS) is 10.6. The van der Waals surface area contributed by atoms with Crippen LogP contribution in [0.5, 0.6) is 0 Å². The van der Waals surface area contributed by atoms with Gasteiger partial charge in [-0.25, -0.2) is 0 Å². The minimum atomic E-state index is 0. The van der Waals surface area contributed by atoms with Crippen LogP contribution in [0.15, 0.2) is 0 Å². The molecule has 0 aromatic heterocycles. The molecule has 0 amide bonds. The zero-order valence-electron chi connectivity index (χ0n) is 13.9. The van der Waals surface area contributed by atoms with E-state index in [0.29, 0.717) is 6.61 Å². The summed E-state index contributed by atoms with van der Waals surface area (Å²) < 4.78 is 5.24. The van der Waals surface area contributed by atoms with E-state index in [9.17, 15) is 0 Å². The Morgan fingerprint density at radius 3 is 1.33 bits per heavy atom. The maximum atomic E-state index is 8.56. The van der Waals surface area contributed by atoms with Gasteiger partial charge in [0.25, 0.3) is 0 Å². The molecule has 0 rings (SSSR count). The van der Waals surface area contributed by atoms with Crippen molar-refractivity contribution in [3.63, 3.8) is 0 Å². The quantitative estimate of drug-likeness (QED) is 0.306. The molecule has 0 aliphatic heterocycles. The first kappa shape index (κ1) is 24.8. The first-order valence-electron chi connectivity index (χ1n) is 9.10. The van der Waals surface area contributed by atoms with Crippen LogP contribution in [-0.2, 0) is 4.74 Å². The van der Waals surface area contributed by atoms with E-state index < -0.39 is 0 Å². The molecule has 21 heavy (non-hydrogen) atoms. The summed E-state index contributed by atoms with van der Waals surface area (Å²) in [6, 6.07) is 0. The molecule has 0 heterocycles. The van der Waals surface area contributed by atoms with Crippen LogP contribution in [0.25, 0.3) is 0 Å². The summed E-state index contributed by atoms with van der Waals surface area (Å²) in [5, 5.41) is 8.56. The van der Waals surface area contributed by atoms with E-state index in [4.69, 9.17) is 9.84 Å². The van der Waals surface area contributed by atoms with Gasteiger partial charge in [-0.15, -0.1) is 0 Å². The van der Waals surface area contributed by atoms with Crippen molar-refractivity contribution < 1.29 is 9.84 Å². The molecule has 0 unspecified atom stereocenters. The van der Waals surface area contributed by atoms with Gasteiger partial charge in [0.15, 0.2) is 0 Å². The number of aliphatic hydroxyl groups excluding tert-OH is 1. The molecule has 0 aromatic rings. The molecule has 0 aromatic carbocycles. The zero-order chi connectivity index (χ0) is 14.7. The second-order valence-electron chi connectivity index (χ2n) is 5.93. The van der Waals surface area contributed by atoms with Gasteiger partial charge in [-0.05, 0) is 6.42 Å². The van der Waals surface area contributed by atoms with Gasteiger partial charge in [-0.1, -0.05) is 90.4 Å². The topological polar surface area (TPSA) is 29.5 Å². The monoisotopic (exact) mass is 326 g/mol. The van der Waals surface area contributed by atoms with E-state index >= 15 is 0 Å². The predicted octanol–water partition coefficient (Wildman–Crippen LogP) is 4.83. The number of aliphatic hydroxyl groups is 1. The van der Waals surface area contributed by atoms with Crippen molar-refractivity contribution >= 4 is 51.4 Å². The van der Waals surface area contributed by atoms with Crippen molar-refractivity contribution in [1.82, 2.24) is 0 Å². The molecular weight excluding hydrogens is 287 g/mol. The summed E-state index contributed by atoms with van der Waals surface area (Å²) >= 11 is 0. The third kappa shape index (κ3) is 23.9. The molecule has 0 radical (unpaired) electrons. The fourth-order valence-corrected chi connectivity index (χ4v) is 2.57. The van der Waals surface area contributed by atoms with Gasteiger partial charge >= 0.3 is 51.4 Å². The third-order valence-corrected chi connectivity index (χ3v) is 3.88. The number of ether oxygens (including phenoxy) is 1. The SMILES string of the molecule is CCCCCCCCCCCCCCCCOCCO.[KH]. The summed E-state index contributed by atoms with van der Waals surface area (Å²) in [6.45, 7) is 3.75. The number of hydrogen-bond acceptors (Lipinski definition) is 2. The molecule has 3 heteroatoms. The number of rotatable bonds is 17. The Hall–Kier alpha value is 1.56. The summed E-state index contributed by atoms with van der Waals surface area (Å²) in [7, 11) is 0. The van der Waals surface area contributed by atoms with Gasteiger partial charge in [0.2, 0.25) is 0 Å². The summed E-state index contributed by atoms with van der Waals surface area (Å²) in [5.74, 6) is 0. The van der Waals surface area contributed by atoms with E-state index in [1.807, 2.05) is 0 Å². The predicted molar refractivity (Wildman–Crippen MR) is 95.4 cm³/mol. The van der Waals surface area contributed by atoms with Crippen LogP contribution in [0.1, 0.15) is 96.8 Å². The van der Waals surface area contributed by atoms with Crippen molar-refractivity contribution in [2.75, 3.05) is 19.8 Å². The van der Waals surface area contributed by atoms with E-state index in [1.54, 1.807) is 0 Å². The molecule has 0 aliphatic rings. The van der Waals surface area contributed by atoms with Crippen LogP contribution < -0.4 is 0 Å². The Morgan fingerprint density at radius 1 is 0.571 bits per heavy atom. The minimum absolute atomic E-state index is 0. The van der Waals surface area contributed by atoms with Crippen molar-refractivity contribution in [2.45, 2.75) is 96.8 Å². The fraction of sp³-hybridized carbons (Fsp3) is 1.00. The van der Waals surface area contributed by atoms with Crippen LogP contribution in [0, 0.1) is 0 Å². The zero-order valence-corrected chi connectivity index (χ0v) is 13.9. The Morgan fingerprint density at radius 2 is 0.952 bits per heavy atom. The summed E-state index contributed by atoms with van der Waals surface area (Å²) in [4.78, 5) is 0. The summed E-state index contributed by atoms with van der Waals surface area (Å²) in [6.07, 6.45) is 19.5. The van der Waals surface area contributed by atoms with Gasteiger partial charge < -0.3 is 9.84 Å². The van der Waals surface area contributed by atoms with E-state index in [1.165, 1.54) is 83.5 Å². The van der Waals surface area contributed by atoms with Crippen molar-refractivity contribution in [3.05, 3.63) is 0 Å². The first-order chi connectivity index (χ1) is 9.91. The standard InChI is InChI=1S/C18H38O2.K.H/c1-2-3-4-5-6-7-8-9-10-11-12-13-14-15-17-20-18-16-19;;/h19H,2-18H2,1H3;;. The van der Waals surface area contributed by atoms with Crippen LogP contribution in [0.3, 0.4) is 0 Å². The van der Waals surface area contributed by atoms with Crippen molar-refractivity contribution in [2.24, 2.45) is 0 Å². The molecule has 0 aliphatic carbocycles. The molecule has 0 spiro atoms. The van der Waals surface area contributed by atoms with Crippen LogP contribution in [0.4, 0.5) is 0 Å². The molecule has 0 atom stereocenters. The molecule has 0 fully saturated rings. The molecule has 1 N–H and O–H groups in total. The second kappa shape index (κ2) is 23.8. The molecule has 2 nitrogen and oxygen atoms in total. The van der Waals surface area contributed by atoms with E-state index in [2.05, 4.69) is 6.92 Å². The van der Waals surface area contributed by atoms with Gasteiger partial charge in [0.05, 0.1) is 13.2 Å². The maximum absolute atomic E-state index is 8.56. The van der Waals surface area contributed by atoms with Crippen LogP contribution in [0.2, 0.25) is 0 Å². The number of unbranched alkanes of at least 4 members (excludes halogenated alkanes) is 13. The fourth-order valence-electron chi connectivity index (χ4n) is 2.57. The molecule has 0 saturated carbocycles. The van der Waals surface area contributed by atoms with Gasteiger partial charge in [-0.2, -0.15) is 0 Å². The Bertz CT molecular complexity index is 147. The molecule has 124 valence electrons. The Labute approximate surface area is 176 Å². The van der Waals surface area contributed by atoms with Crippen LogP contribution in [-0.4, -0.2) is 76.3 Å². The summed E-state index contributed by atoms with van der Waals surface area (Å²) in [5.41, 5.74) is 0. The third-order valence-electron chi connectivity index (χ3n) is 3.88. The van der Waals surface area contributed by atoms with Crippen molar-refractivity contribution in [1.29, 1.82) is 0 Å². The first-order valence-corrected chi connectivity index (χ1v) is 9.10. The van der Waals surface area contributed by atoms with Crippen LogP contribution >= 0.6 is 0 Å². The Kier molecular flexibility index (Phi) is 28.1. The number of hydrogen-bond donors (Lipinski definition) is 1. The van der Waals surface area contributed by atoms with Gasteiger partial charge in [-0.3, -0.25) is 0 Å². The second-order valence-corrected chi connectivity index (χ2v) is 5.93. The molecule has 0 saturated heterocycles. The molecule has 0 bridgehead atoms. The van der Waals surface area contributed by atoms with Gasteiger partial charge in [0, 0.05) is 6.61 Å². The Balaban J connectivity index is 0. The average molecular weight is 327 g/mol. The van der Waals surface area contributed by atoms with Crippen molar-refractivity contribution in [3.8, 4) is 0 Å². The van der Waals surface area contributed by atoms with E-state index in [0.717, 1.165) is 13.0 Å². The van der Waals surface area contributed by atoms with Gasteiger partial charge in [0.1, 0.15) is 0 Å².